The van der Waals surface area contributed by atoms with Crippen molar-refractivity contribution in [3.05, 3.63) is 29.8 Å². The number of aliphatic hydroxyl groups is 1. The minimum absolute atomic E-state index is 0.0597. The van der Waals surface area contributed by atoms with Gasteiger partial charge in [0.2, 0.25) is 10.0 Å². The first-order valence-electron chi connectivity index (χ1n) is 6.42. The number of hydrogen-bond acceptors (Lipinski definition) is 4. The molecule has 0 spiro atoms. The predicted octanol–water partition coefficient (Wildman–Crippen LogP) is 0.551. The van der Waals surface area contributed by atoms with Crippen LogP contribution in [0.2, 0.25) is 0 Å². The molecule has 1 unspecified atom stereocenters. The molecule has 0 bridgehead atoms. The van der Waals surface area contributed by atoms with Crippen LogP contribution < -0.4 is 4.72 Å². The summed E-state index contributed by atoms with van der Waals surface area (Å²) in [5.74, 6) is 0. The maximum Gasteiger partial charge on any atom is 0.241 e. The van der Waals surface area contributed by atoms with Gasteiger partial charge in [0.15, 0.2) is 0 Å². The highest BCUT2D eigenvalue weighted by Gasteiger charge is 2.25. The molecule has 1 aliphatic rings. The molecular weight excluding hydrogens is 264 g/mol. The number of likely N-dealkylation sites (N-methyl/N-ethyl adjacent to an activating group) is 1. The summed E-state index contributed by atoms with van der Waals surface area (Å²) in [4.78, 5) is 2.29. The number of hydrogen-bond donors (Lipinski definition) is 2. The highest BCUT2D eigenvalue weighted by atomic mass is 32.2. The molecule has 0 saturated carbocycles. The van der Waals surface area contributed by atoms with Crippen LogP contribution in [0, 0.1) is 0 Å². The van der Waals surface area contributed by atoms with Gasteiger partial charge >= 0.3 is 0 Å². The van der Waals surface area contributed by atoms with Crippen LogP contribution in [0.4, 0.5) is 0 Å². The topological polar surface area (TPSA) is 69.6 Å². The standard InChI is InChI=1S/C13H20N2O3S/c1-15-8-4-6-12(9-15)14-19(17,18)13-7-3-2-5-11(13)10-16/h2-3,5,7,12,14,16H,4,6,8-10H2,1H3. The van der Waals surface area contributed by atoms with Gasteiger partial charge in [-0.05, 0) is 38.1 Å². The molecule has 2 N–H and O–H groups in total. The van der Waals surface area contributed by atoms with Gasteiger partial charge in [0.25, 0.3) is 0 Å². The van der Waals surface area contributed by atoms with Gasteiger partial charge in [-0.15, -0.1) is 0 Å². The van der Waals surface area contributed by atoms with Gasteiger partial charge in [-0.3, -0.25) is 0 Å². The first-order valence-corrected chi connectivity index (χ1v) is 7.91. The number of nitrogens with zero attached hydrogens (tertiary/aromatic N) is 1. The van der Waals surface area contributed by atoms with Crippen LogP contribution in [0.1, 0.15) is 18.4 Å². The molecule has 1 aromatic carbocycles. The zero-order valence-electron chi connectivity index (χ0n) is 11.0. The van der Waals surface area contributed by atoms with Crippen LogP contribution in [0.25, 0.3) is 0 Å². The van der Waals surface area contributed by atoms with Crippen molar-refractivity contribution in [1.82, 2.24) is 9.62 Å². The summed E-state index contributed by atoms with van der Waals surface area (Å²) in [6, 6.07) is 6.48. The summed E-state index contributed by atoms with van der Waals surface area (Å²) in [5.41, 5.74) is 0.430. The average Bonchev–Trinajstić information content (AvgIpc) is 2.38. The lowest BCUT2D eigenvalue weighted by atomic mass is 10.1. The van der Waals surface area contributed by atoms with Crippen LogP contribution >= 0.6 is 0 Å². The fraction of sp³-hybridized carbons (Fsp3) is 0.538. The van der Waals surface area contributed by atoms with Gasteiger partial charge in [0.1, 0.15) is 0 Å². The third kappa shape index (κ3) is 3.54. The Morgan fingerprint density at radius 2 is 2.16 bits per heavy atom. The van der Waals surface area contributed by atoms with E-state index in [0.29, 0.717) is 5.56 Å². The van der Waals surface area contributed by atoms with Crippen molar-refractivity contribution in [3.8, 4) is 0 Å². The van der Waals surface area contributed by atoms with Crippen molar-refractivity contribution in [2.75, 3.05) is 20.1 Å². The SMILES string of the molecule is CN1CCCC(NS(=O)(=O)c2ccccc2CO)C1. The quantitative estimate of drug-likeness (QED) is 0.847. The van der Waals surface area contributed by atoms with Crippen LogP contribution in [0.5, 0.6) is 0 Å². The fourth-order valence-corrected chi connectivity index (χ4v) is 3.94. The second-order valence-corrected chi connectivity index (χ2v) is 6.67. The zero-order valence-corrected chi connectivity index (χ0v) is 11.9. The Hall–Kier alpha value is -0.950. The van der Waals surface area contributed by atoms with Crippen molar-refractivity contribution in [2.45, 2.75) is 30.4 Å². The van der Waals surface area contributed by atoms with Crippen molar-refractivity contribution in [2.24, 2.45) is 0 Å². The zero-order chi connectivity index (χ0) is 13.9. The Morgan fingerprint density at radius 3 is 2.84 bits per heavy atom. The number of aliphatic hydroxyl groups excluding tert-OH is 1. The first kappa shape index (κ1) is 14.5. The van der Waals surface area contributed by atoms with Crippen LogP contribution in [0.3, 0.4) is 0 Å². The second kappa shape index (κ2) is 6.00. The lowest BCUT2D eigenvalue weighted by Crippen LogP contribution is -2.46. The Kier molecular flexibility index (Phi) is 4.57. The minimum atomic E-state index is -3.56. The first-order chi connectivity index (χ1) is 9.03. The van der Waals surface area contributed by atoms with E-state index in [1.807, 2.05) is 7.05 Å². The lowest BCUT2D eigenvalue weighted by molar-refractivity contribution is 0.242. The second-order valence-electron chi connectivity index (χ2n) is 4.99. The Bertz CT molecular complexity index is 530. The molecule has 1 atom stereocenters. The van der Waals surface area contributed by atoms with Gasteiger partial charge in [-0.25, -0.2) is 13.1 Å². The van der Waals surface area contributed by atoms with E-state index >= 15 is 0 Å². The number of sulfonamides is 1. The minimum Gasteiger partial charge on any atom is -0.392 e. The molecule has 0 aliphatic carbocycles. The van der Waals surface area contributed by atoms with Gasteiger partial charge in [0, 0.05) is 12.6 Å². The summed E-state index contributed by atoms with van der Waals surface area (Å²) in [6.07, 6.45) is 1.84. The molecular formula is C13H20N2O3S. The number of piperidine rings is 1. The summed E-state index contributed by atoms with van der Waals surface area (Å²) in [6.45, 7) is 1.45. The Balaban J connectivity index is 2.18. The number of rotatable bonds is 4. The predicted molar refractivity (Wildman–Crippen MR) is 73.2 cm³/mol. The van der Waals surface area contributed by atoms with Crippen LogP contribution in [-0.2, 0) is 16.6 Å². The summed E-state index contributed by atoms with van der Waals surface area (Å²) < 4.78 is 27.4. The summed E-state index contributed by atoms with van der Waals surface area (Å²) >= 11 is 0. The molecule has 1 fully saturated rings. The lowest BCUT2D eigenvalue weighted by Gasteiger charge is -2.30. The molecule has 19 heavy (non-hydrogen) atoms. The molecule has 0 amide bonds. The van der Waals surface area contributed by atoms with E-state index < -0.39 is 10.0 Å². The smallest absolute Gasteiger partial charge is 0.241 e. The molecule has 1 heterocycles. The third-order valence-electron chi connectivity index (χ3n) is 3.38. The maximum atomic E-state index is 12.3. The molecule has 2 rings (SSSR count). The molecule has 1 aromatic rings. The van der Waals surface area contributed by atoms with E-state index in [4.69, 9.17) is 0 Å². The van der Waals surface area contributed by atoms with Gasteiger partial charge in [-0.1, -0.05) is 18.2 Å². The van der Waals surface area contributed by atoms with E-state index in [9.17, 15) is 13.5 Å². The largest absolute Gasteiger partial charge is 0.392 e. The fourth-order valence-electron chi connectivity index (χ4n) is 2.44. The monoisotopic (exact) mass is 284 g/mol. The van der Waals surface area contributed by atoms with Crippen molar-refractivity contribution in [3.63, 3.8) is 0 Å². The third-order valence-corrected chi connectivity index (χ3v) is 5.00. The van der Waals surface area contributed by atoms with E-state index in [0.717, 1.165) is 25.9 Å². The van der Waals surface area contributed by atoms with E-state index in [1.54, 1.807) is 18.2 Å². The molecule has 106 valence electrons. The van der Waals surface area contributed by atoms with E-state index in [2.05, 4.69) is 9.62 Å². The normalized spacial score (nSPS) is 21.5. The Morgan fingerprint density at radius 1 is 1.42 bits per heavy atom. The number of benzene rings is 1. The maximum absolute atomic E-state index is 12.3. The highest BCUT2D eigenvalue weighted by Crippen LogP contribution is 2.17. The number of nitrogens with one attached hydrogen (secondary N) is 1. The number of likely N-dealkylation sites (tertiary alicyclic amines) is 1. The molecule has 0 radical (unpaired) electrons. The van der Waals surface area contributed by atoms with E-state index in [1.165, 1.54) is 6.07 Å². The average molecular weight is 284 g/mol. The van der Waals surface area contributed by atoms with Crippen molar-refractivity contribution in [1.29, 1.82) is 0 Å². The highest BCUT2D eigenvalue weighted by molar-refractivity contribution is 7.89. The van der Waals surface area contributed by atoms with Crippen molar-refractivity contribution < 1.29 is 13.5 Å². The molecule has 5 nitrogen and oxygen atoms in total. The summed E-state index contributed by atoms with van der Waals surface area (Å²) in [5, 5.41) is 9.23. The van der Waals surface area contributed by atoms with Gasteiger partial charge in [-0.2, -0.15) is 0 Å². The molecule has 0 aromatic heterocycles. The Labute approximate surface area is 114 Å². The van der Waals surface area contributed by atoms with Crippen LogP contribution in [-0.4, -0.2) is 44.6 Å². The van der Waals surface area contributed by atoms with E-state index in [-0.39, 0.29) is 17.5 Å². The molecule has 6 heteroatoms. The van der Waals surface area contributed by atoms with Gasteiger partial charge in [0.05, 0.1) is 11.5 Å². The summed E-state index contributed by atoms with van der Waals surface area (Å²) in [7, 11) is -1.57. The van der Waals surface area contributed by atoms with Crippen LogP contribution in [0.15, 0.2) is 29.2 Å². The molecule has 1 saturated heterocycles. The van der Waals surface area contributed by atoms with Gasteiger partial charge < -0.3 is 10.0 Å². The molecule has 1 aliphatic heterocycles. The van der Waals surface area contributed by atoms with Crippen molar-refractivity contribution >= 4 is 10.0 Å².